The molecule has 0 spiro atoms. The number of anilines is 1. The van der Waals surface area contributed by atoms with Crippen molar-refractivity contribution in [3.63, 3.8) is 0 Å². The molecule has 0 radical (unpaired) electrons. The molecule has 32 heavy (non-hydrogen) atoms. The summed E-state index contributed by atoms with van der Waals surface area (Å²) in [5.74, 6) is 0.569. The number of halogens is 3. The van der Waals surface area contributed by atoms with Gasteiger partial charge < -0.3 is 9.80 Å². The lowest BCUT2D eigenvalue weighted by molar-refractivity contribution is 0.0747. The van der Waals surface area contributed by atoms with E-state index in [1.807, 2.05) is 12.1 Å². The second-order valence-electron chi connectivity index (χ2n) is 7.25. The first-order chi connectivity index (χ1) is 15.5. The molecule has 1 amide bonds. The molecule has 1 aliphatic rings. The molecule has 0 bridgehead atoms. The van der Waals surface area contributed by atoms with Crippen LogP contribution in [0, 0.1) is 0 Å². The van der Waals surface area contributed by atoms with Crippen LogP contribution in [0.25, 0.3) is 16.9 Å². The molecule has 3 heterocycles. The summed E-state index contributed by atoms with van der Waals surface area (Å²) in [6, 6.07) is 12.2. The molecule has 2 aromatic heterocycles. The molecular weight excluding hydrogens is 473 g/mol. The highest BCUT2D eigenvalue weighted by molar-refractivity contribution is 6.36. The topological polar surface area (TPSA) is 80.0 Å². The number of hydrogen-bond acceptors (Lipinski definition) is 6. The molecule has 1 saturated heterocycles. The molecule has 0 aliphatic carbocycles. The Kier molecular flexibility index (Phi) is 5.58. The van der Waals surface area contributed by atoms with Gasteiger partial charge in [0.1, 0.15) is 6.33 Å². The first-order valence-electron chi connectivity index (χ1n) is 9.83. The van der Waals surface area contributed by atoms with Gasteiger partial charge in [-0.3, -0.25) is 4.79 Å². The zero-order chi connectivity index (χ0) is 22.2. The highest BCUT2D eigenvalue weighted by Gasteiger charge is 2.26. The number of hydrogen-bond donors (Lipinski definition) is 0. The van der Waals surface area contributed by atoms with Crippen molar-refractivity contribution in [2.24, 2.45) is 0 Å². The van der Waals surface area contributed by atoms with E-state index in [0.29, 0.717) is 63.8 Å². The van der Waals surface area contributed by atoms with Crippen LogP contribution in [0.5, 0.6) is 0 Å². The summed E-state index contributed by atoms with van der Waals surface area (Å²) in [4.78, 5) is 25.6. The molecule has 5 rings (SSSR count). The second-order valence-corrected chi connectivity index (χ2v) is 8.53. The number of nitrogens with zero attached hydrogens (tertiary/aromatic N) is 7. The number of aromatic nitrogens is 5. The van der Waals surface area contributed by atoms with Crippen LogP contribution in [0.3, 0.4) is 0 Å². The standard InChI is InChI=1S/C21H16Cl3N7O/c22-13-1-4-15(5-2-13)31-20-18(27-28-31)19(25-12-26-20)29-7-9-30(10-8-29)21(32)16-6-3-14(23)11-17(16)24/h1-6,11-12H,7-10H2. The maximum absolute atomic E-state index is 12.9. The third-order valence-corrected chi connectivity index (χ3v) is 6.12. The average molecular weight is 489 g/mol. The fourth-order valence-electron chi connectivity index (χ4n) is 3.68. The minimum atomic E-state index is -0.118. The van der Waals surface area contributed by atoms with Gasteiger partial charge in [0.25, 0.3) is 5.91 Å². The predicted molar refractivity (Wildman–Crippen MR) is 124 cm³/mol. The van der Waals surface area contributed by atoms with Gasteiger partial charge in [0, 0.05) is 36.2 Å². The van der Waals surface area contributed by atoms with Crippen molar-refractivity contribution in [1.29, 1.82) is 0 Å². The van der Waals surface area contributed by atoms with Crippen LogP contribution in [0.2, 0.25) is 15.1 Å². The molecule has 0 saturated carbocycles. The Hall–Kier alpha value is -2.94. The van der Waals surface area contributed by atoms with E-state index in [2.05, 4.69) is 25.2 Å². The summed E-state index contributed by atoms with van der Waals surface area (Å²) < 4.78 is 1.65. The summed E-state index contributed by atoms with van der Waals surface area (Å²) in [6.45, 7) is 2.23. The van der Waals surface area contributed by atoms with Crippen LogP contribution in [-0.2, 0) is 0 Å². The maximum Gasteiger partial charge on any atom is 0.255 e. The van der Waals surface area contributed by atoms with E-state index in [4.69, 9.17) is 34.8 Å². The predicted octanol–water partition coefficient (Wildman–Crippen LogP) is 4.13. The lowest BCUT2D eigenvalue weighted by Crippen LogP contribution is -2.49. The number of carbonyl (C=O) groups excluding carboxylic acids is 1. The van der Waals surface area contributed by atoms with Crippen LogP contribution in [0.15, 0.2) is 48.8 Å². The van der Waals surface area contributed by atoms with Crippen molar-refractivity contribution in [2.75, 3.05) is 31.1 Å². The summed E-state index contributed by atoms with van der Waals surface area (Å²) >= 11 is 18.1. The zero-order valence-corrected chi connectivity index (χ0v) is 18.9. The number of piperazine rings is 1. The summed E-state index contributed by atoms with van der Waals surface area (Å²) in [7, 11) is 0. The molecule has 0 N–H and O–H groups in total. The maximum atomic E-state index is 12.9. The van der Waals surface area contributed by atoms with Crippen LogP contribution in [0.4, 0.5) is 5.82 Å². The van der Waals surface area contributed by atoms with Gasteiger partial charge in [-0.15, -0.1) is 5.10 Å². The van der Waals surface area contributed by atoms with Crippen molar-refractivity contribution < 1.29 is 4.79 Å². The van der Waals surface area contributed by atoms with Crippen LogP contribution in [0.1, 0.15) is 10.4 Å². The number of benzene rings is 2. The van der Waals surface area contributed by atoms with E-state index < -0.39 is 0 Å². The normalized spacial score (nSPS) is 14.2. The van der Waals surface area contributed by atoms with E-state index in [0.717, 1.165) is 5.69 Å². The first-order valence-corrected chi connectivity index (χ1v) is 11.0. The average Bonchev–Trinajstić information content (AvgIpc) is 3.24. The van der Waals surface area contributed by atoms with E-state index in [1.54, 1.807) is 39.9 Å². The van der Waals surface area contributed by atoms with Crippen LogP contribution < -0.4 is 4.90 Å². The lowest BCUT2D eigenvalue weighted by Gasteiger charge is -2.35. The minimum Gasteiger partial charge on any atom is -0.351 e. The van der Waals surface area contributed by atoms with Crippen LogP contribution >= 0.6 is 34.8 Å². The summed E-state index contributed by atoms with van der Waals surface area (Å²) in [6.07, 6.45) is 1.50. The Morgan fingerprint density at radius 3 is 2.31 bits per heavy atom. The van der Waals surface area contributed by atoms with Crippen molar-refractivity contribution in [3.8, 4) is 5.69 Å². The number of amides is 1. The fraction of sp³-hybridized carbons (Fsp3) is 0.190. The van der Waals surface area contributed by atoms with Crippen molar-refractivity contribution in [1.82, 2.24) is 29.9 Å². The fourth-order valence-corrected chi connectivity index (χ4v) is 4.29. The molecule has 2 aromatic carbocycles. The Balaban J connectivity index is 1.36. The number of fused-ring (bicyclic) bond motifs is 1. The van der Waals surface area contributed by atoms with Crippen molar-refractivity contribution in [2.45, 2.75) is 0 Å². The Morgan fingerprint density at radius 1 is 0.875 bits per heavy atom. The van der Waals surface area contributed by atoms with E-state index >= 15 is 0 Å². The largest absolute Gasteiger partial charge is 0.351 e. The van der Waals surface area contributed by atoms with Crippen molar-refractivity contribution in [3.05, 3.63) is 69.4 Å². The van der Waals surface area contributed by atoms with E-state index in [-0.39, 0.29) is 5.91 Å². The molecule has 1 fully saturated rings. The van der Waals surface area contributed by atoms with Gasteiger partial charge in [0.2, 0.25) is 0 Å². The summed E-state index contributed by atoms with van der Waals surface area (Å²) in [5.41, 5.74) is 2.45. The smallest absolute Gasteiger partial charge is 0.255 e. The van der Waals surface area contributed by atoms with Gasteiger partial charge in [0.05, 0.1) is 16.3 Å². The third kappa shape index (κ3) is 3.85. The molecule has 0 atom stereocenters. The number of rotatable bonds is 3. The molecule has 8 nitrogen and oxygen atoms in total. The minimum absolute atomic E-state index is 0.118. The summed E-state index contributed by atoms with van der Waals surface area (Å²) in [5, 5.41) is 10.1. The SMILES string of the molecule is O=C(c1ccc(Cl)cc1Cl)N1CCN(c2ncnc3c2nnn3-c2ccc(Cl)cc2)CC1. The quantitative estimate of drug-likeness (QED) is 0.431. The van der Waals surface area contributed by atoms with E-state index in [9.17, 15) is 4.79 Å². The molecule has 0 unspecified atom stereocenters. The van der Waals surface area contributed by atoms with Gasteiger partial charge in [-0.1, -0.05) is 40.0 Å². The molecule has 11 heteroatoms. The third-order valence-electron chi connectivity index (χ3n) is 5.32. The highest BCUT2D eigenvalue weighted by atomic mass is 35.5. The molecule has 4 aromatic rings. The van der Waals surface area contributed by atoms with Crippen LogP contribution in [-0.4, -0.2) is 61.9 Å². The van der Waals surface area contributed by atoms with Gasteiger partial charge in [-0.05, 0) is 42.5 Å². The van der Waals surface area contributed by atoms with Gasteiger partial charge >= 0.3 is 0 Å². The molecule has 162 valence electrons. The van der Waals surface area contributed by atoms with Gasteiger partial charge in [0.15, 0.2) is 17.0 Å². The van der Waals surface area contributed by atoms with Crippen molar-refractivity contribution >= 4 is 57.7 Å². The van der Waals surface area contributed by atoms with Gasteiger partial charge in [-0.25, -0.2) is 9.97 Å². The molecule has 1 aliphatic heterocycles. The van der Waals surface area contributed by atoms with Gasteiger partial charge in [-0.2, -0.15) is 4.68 Å². The Labute approximate surface area is 198 Å². The number of carbonyl (C=O) groups is 1. The van der Waals surface area contributed by atoms with E-state index in [1.165, 1.54) is 6.33 Å². The Bertz CT molecular complexity index is 1300. The molecular formula is C21H16Cl3N7O. The second kappa shape index (κ2) is 8.54. The lowest BCUT2D eigenvalue weighted by atomic mass is 10.1. The first kappa shape index (κ1) is 20.9. The zero-order valence-electron chi connectivity index (χ0n) is 16.6. The Morgan fingerprint density at radius 2 is 1.59 bits per heavy atom. The highest BCUT2D eigenvalue weighted by Crippen LogP contribution is 2.26. The monoisotopic (exact) mass is 487 g/mol.